The molecule has 0 aliphatic rings. The minimum Gasteiger partial charge on any atom is -0.309 e. The highest BCUT2D eigenvalue weighted by Gasteiger charge is 2.12. The number of aromatic nitrogens is 2. The van der Waals surface area contributed by atoms with Crippen molar-refractivity contribution in [2.75, 3.05) is 6.54 Å². The fourth-order valence-corrected chi connectivity index (χ4v) is 2.17. The van der Waals surface area contributed by atoms with Crippen LogP contribution in [0.3, 0.4) is 0 Å². The summed E-state index contributed by atoms with van der Waals surface area (Å²) >= 11 is 0. The molecule has 0 spiro atoms. The van der Waals surface area contributed by atoms with Gasteiger partial charge in [-0.1, -0.05) is 36.8 Å². The van der Waals surface area contributed by atoms with Crippen molar-refractivity contribution in [1.82, 2.24) is 15.1 Å². The predicted molar refractivity (Wildman–Crippen MR) is 80.8 cm³/mol. The lowest BCUT2D eigenvalue weighted by molar-refractivity contribution is 0.433. The van der Waals surface area contributed by atoms with Crippen molar-refractivity contribution in [3.63, 3.8) is 0 Å². The number of nitrogens with one attached hydrogen (secondary N) is 1. The van der Waals surface area contributed by atoms with Crippen LogP contribution in [-0.2, 0) is 6.54 Å². The molecule has 0 aliphatic carbocycles. The summed E-state index contributed by atoms with van der Waals surface area (Å²) < 4.78 is 1.51. The number of hydrogen-bond donors (Lipinski definition) is 1. The number of rotatable bonds is 5. The number of nitrogens with zero attached hydrogens (tertiary/aromatic N) is 2. The summed E-state index contributed by atoms with van der Waals surface area (Å²) in [5, 5.41) is 7.62. The third-order valence-corrected chi connectivity index (χ3v) is 3.29. The lowest BCUT2D eigenvalue weighted by Gasteiger charge is -2.19. The molecule has 1 aromatic carbocycles. The van der Waals surface area contributed by atoms with Crippen molar-refractivity contribution < 1.29 is 0 Å². The largest absolute Gasteiger partial charge is 0.309 e. The smallest absolute Gasteiger partial charge is 0.267 e. The summed E-state index contributed by atoms with van der Waals surface area (Å²) in [4.78, 5) is 11.9. The van der Waals surface area contributed by atoms with E-state index in [0.29, 0.717) is 6.54 Å². The molecule has 0 radical (unpaired) electrons. The maximum absolute atomic E-state index is 11.9. The Morgan fingerprint density at radius 2 is 1.90 bits per heavy atom. The molecule has 1 heterocycles. The molecule has 106 valence electrons. The first kappa shape index (κ1) is 14.5. The van der Waals surface area contributed by atoms with Crippen LogP contribution in [0, 0.1) is 13.8 Å². The van der Waals surface area contributed by atoms with Crippen LogP contribution in [0.4, 0.5) is 0 Å². The van der Waals surface area contributed by atoms with Crippen LogP contribution in [0.2, 0.25) is 0 Å². The van der Waals surface area contributed by atoms with Crippen molar-refractivity contribution in [3.8, 4) is 0 Å². The van der Waals surface area contributed by atoms with Gasteiger partial charge in [-0.25, -0.2) is 4.68 Å². The van der Waals surface area contributed by atoms with Crippen molar-refractivity contribution in [3.05, 3.63) is 63.6 Å². The zero-order chi connectivity index (χ0) is 14.5. The van der Waals surface area contributed by atoms with E-state index in [1.807, 2.05) is 6.92 Å². The van der Waals surface area contributed by atoms with Gasteiger partial charge in [0.05, 0.1) is 18.8 Å². The average Bonchev–Trinajstić information content (AvgIpc) is 2.42. The Morgan fingerprint density at radius 1 is 1.20 bits per heavy atom. The summed E-state index contributed by atoms with van der Waals surface area (Å²) in [6.07, 6.45) is 1.72. The SMILES string of the molecule is CCNC(Cn1ncc(C)cc1=O)c1ccc(C)cc1. The minimum absolute atomic E-state index is 0.0555. The molecule has 4 nitrogen and oxygen atoms in total. The van der Waals surface area contributed by atoms with E-state index in [0.717, 1.165) is 12.1 Å². The van der Waals surface area contributed by atoms with E-state index >= 15 is 0 Å². The third-order valence-electron chi connectivity index (χ3n) is 3.29. The topological polar surface area (TPSA) is 46.9 Å². The average molecular weight is 271 g/mol. The monoisotopic (exact) mass is 271 g/mol. The van der Waals surface area contributed by atoms with Gasteiger partial charge < -0.3 is 5.32 Å². The Bertz CT molecular complexity index is 616. The van der Waals surface area contributed by atoms with Gasteiger partial charge in [0.1, 0.15) is 0 Å². The van der Waals surface area contributed by atoms with Crippen molar-refractivity contribution in [2.24, 2.45) is 0 Å². The van der Waals surface area contributed by atoms with Crippen LogP contribution < -0.4 is 10.9 Å². The van der Waals surface area contributed by atoms with Gasteiger partial charge in [0.2, 0.25) is 0 Å². The maximum Gasteiger partial charge on any atom is 0.267 e. The normalized spacial score (nSPS) is 12.3. The summed E-state index contributed by atoms with van der Waals surface area (Å²) in [7, 11) is 0. The second kappa shape index (κ2) is 6.48. The third kappa shape index (κ3) is 3.54. The molecular weight excluding hydrogens is 250 g/mol. The van der Waals surface area contributed by atoms with Gasteiger partial charge in [-0.3, -0.25) is 4.79 Å². The van der Waals surface area contributed by atoms with E-state index in [-0.39, 0.29) is 11.6 Å². The van der Waals surface area contributed by atoms with Gasteiger partial charge >= 0.3 is 0 Å². The first-order chi connectivity index (χ1) is 9.60. The van der Waals surface area contributed by atoms with Crippen molar-refractivity contribution >= 4 is 0 Å². The molecule has 0 aliphatic heterocycles. The van der Waals surface area contributed by atoms with Crippen LogP contribution in [0.15, 0.2) is 41.3 Å². The fraction of sp³-hybridized carbons (Fsp3) is 0.375. The Labute approximate surface area is 119 Å². The van der Waals surface area contributed by atoms with E-state index in [9.17, 15) is 4.79 Å². The number of hydrogen-bond acceptors (Lipinski definition) is 3. The van der Waals surface area contributed by atoms with E-state index in [1.165, 1.54) is 15.8 Å². The number of benzene rings is 1. The Kier molecular flexibility index (Phi) is 4.69. The molecule has 0 bridgehead atoms. The molecule has 0 amide bonds. The number of aryl methyl sites for hydroxylation is 2. The molecule has 4 heteroatoms. The fourth-order valence-electron chi connectivity index (χ4n) is 2.17. The van der Waals surface area contributed by atoms with Crippen molar-refractivity contribution in [1.29, 1.82) is 0 Å². The molecule has 1 atom stereocenters. The van der Waals surface area contributed by atoms with Crippen LogP contribution in [0.5, 0.6) is 0 Å². The summed E-state index contributed by atoms with van der Waals surface area (Å²) in [5.74, 6) is 0. The Hall–Kier alpha value is -1.94. The maximum atomic E-state index is 11.9. The predicted octanol–water partition coefficient (Wildman–Crippen LogP) is 2.21. The molecule has 2 aromatic rings. The summed E-state index contributed by atoms with van der Waals surface area (Å²) in [5.41, 5.74) is 3.24. The van der Waals surface area contributed by atoms with Crippen LogP contribution in [0.1, 0.15) is 29.7 Å². The molecule has 20 heavy (non-hydrogen) atoms. The molecule has 0 saturated heterocycles. The highest BCUT2D eigenvalue weighted by Crippen LogP contribution is 2.15. The Morgan fingerprint density at radius 3 is 2.50 bits per heavy atom. The zero-order valence-electron chi connectivity index (χ0n) is 12.3. The van der Waals surface area contributed by atoms with E-state index in [1.54, 1.807) is 12.3 Å². The molecule has 0 saturated carbocycles. The number of likely N-dealkylation sites (N-methyl/N-ethyl adjacent to an activating group) is 1. The van der Waals surface area contributed by atoms with Gasteiger partial charge in [-0.2, -0.15) is 5.10 Å². The van der Waals surface area contributed by atoms with Gasteiger partial charge in [-0.05, 0) is 31.5 Å². The lowest BCUT2D eigenvalue weighted by atomic mass is 10.1. The van der Waals surface area contributed by atoms with Crippen LogP contribution >= 0.6 is 0 Å². The summed E-state index contributed by atoms with van der Waals surface area (Å²) in [6, 6.07) is 10.1. The molecule has 1 N–H and O–H groups in total. The van der Waals surface area contributed by atoms with Crippen molar-refractivity contribution in [2.45, 2.75) is 33.4 Å². The van der Waals surface area contributed by atoms with E-state index in [4.69, 9.17) is 0 Å². The molecule has 1 aromatic heterocycles. The quantitative estimate of drug-likeness (QED) is 0.907. The molecular formula is C16H21N3O. The molecule has 1 unspecified atom stereocenters. The van der Waals surface area contributed by atoms with E-state index in [2.05, 4.69) is 48.5 Å². The lowest BCUT2D eigenvalue weighted by Crippen LogP contribution is -2.31. The second-order valence-electron chi connectivity index (χ2n) is 5.07. The zero-order valence-corrected chi connectivity index (χ0v) is 12.3. The molecule has 0 fully saturated rings. The van der Waals surface area contributed by atoms with Gasteiger partial charge in [0.15, 0.2) is 0 Å². The Balaban J connectivity index is 2.25. The highest BCUT2D eigenvalue weighted by molar-refractivity contribution is 5.24. The van der Waals surface area contributed by atoms with Gasteiger partial charge in [-0.15, -0.1) is 0 Å². The van der Waals surface area contributed by atoms with Crippen LogP contribution in [-0.4, -0.2) is 16.3 Å². The molecule has 2 rings (SSSR count). The van der Waals surface area contributed by atoms with Gasteiger partial charge in [0, 0.05) is 6.07 Å². The van der Waals surface area contributed by atoms with E-state index < -0.39 is 0 Å². The standard InChI is InChI=1S/C16H21N3O/c1-4-17-15(14-7-5-12(2)6-8-14)11-19-16(20)9-13(3)10-18-19/h5-10,15,17H,4,11H2,1-3H3. The minimum atomic E-state index is -0.0555. The summed E-state index contributed by atoms with van der Waals surface area (Å²) in [6.45, 7) is 7.39. The second-order valence-corrected chi connectivity index (χ2v) is 5.07. The highest BCUT2D eigenvalue weighted by atomic mass is 16.1. The first-order valence-electron chi connectivity index (χ1n) is 6.94. The van der Waals surface area contributed by atoms with Gasteiger partial charge in [0.25, 0.3) is 5.56 Å². The van der Waals surface area contributed by atoms with Crippen LogP contribution in [0.25, 0.3) is 0 Å². The first-order valence-corrected chi connectivity index (χ1v) is 6.94.